The summed E-state index contributed by atoms with van der Waals surface area (Å²) in [6.45, 7) is 1.57. The third-order valence-corrected chi connectivity index (χ3v) is 8.33. The highest BCUT2D eigenvalue weighted by molar-refractivity contribution is 5.84. The fourth-order valence-corrected chi connectivity index (χ4v) is 6.34. The molecule has 0 saturated carbocycles. The number of ether oxygens (including phenoxy) is 1. The summed E-state index contributed by atoms with van der Waals surface area (Å²) in [5.41, 5.74) is 4.58. The zero-order valence-electron chi connectivity index (χ0n) is 22.6. The molecule has 0 amide bonds. The van der Waals surface area contributed by atoms with E-state index >= 15 is 0 Å². The highest BCUT2D eigenvalue weighted by atomic mass is 19.3. The number of alkyl halides is 3. The highest BCUT2D eigenvalue weighted by Gasteiger charge is 2.38. The highest BCUT2D eigenvalue weighted by Crippen LogP contribution is 2.40. The molecule has 8 nitrogen and oxygen atoms in total. The number of pyridine rings is 1. The van der Waals surface area contributed by atoms with Crippen LogP contribution in [0.25, 0.3) is 10.9 Å². The molecule has 2 unspecified atom stereocenters. The largest absolute Gasteiger partial charge is 0.390 e. The lowest BCUT2D eigenvalue weighted by atomic mass is 9.88. The van der Waals surface area contributed by atoms with E-state index in [-0.39, 0.29) is 18.9 Å². The normalized spacial score (nSPS) is 22.8. The Balaban J connectivity index is 1.27. The molecule has 3 aliphatic rings. The molecule has 2 N–H and O–H groups in total. The van der Waals surface area contributed by atoms with Gasteiger partial charge in [-0.05, 0) is 61.4 Å². The monoisotopic (exact) mass is 558 g/mol. The number of benzene rings is 1. The van der Waals surface area contributed by atoms with Crippen LogP contribution in [-0.4, -0.2) is 94.2 Å². The van der Waals surface area contributed by atoms with Gasteiger partial charge in [0.1, 0.15) is 6.61 Å². The third kappa shape index (κ3) is 5.57. The van der Waals surface area contributed by atoms with Crippen molar-refractivity contribution in [2.75, 3.05) is 57.9 Å². The number of anilines is 1. The summed E-state index contributed by atoms with van der Waals surface area (Å²) in [6, 6.07) is 7.67. The fraction of sp³-hybridized carbons (Fsp3) is 0.586. The van der Waals surface area contributed by atoms with Gasteiger partial charge in [-0.3, -0.25) is 19.2 Å². The molecule has 2 atom stereocenters. The molecule has 0 aliphatic carbocycles. The van der Waals surface area contributed by atoms with Crippen molar-refractivity contribution >= 4 is 16.6 Å². The van der Waals surface area contributed by atoms with Crippen LogP contribution in [0.5, 0.6) is 0 Å². The molecular formula is C29H37F3N6O2. The van der Waals surface area contributed by atoms with Crippen LogP contribution in [0.2, 0.25) is 0 Å². The molecule has 0 bridgehead atoms. The molecule has 40 heavy (non-hydrogen) atoms. The summed E-state index contributed by atoms with van der Waals surface area (Å²) in [5.74, 6) is -3.22. The van der Waals surface area contributed by atoms with Gasteiger partial charge in [0.2, 0.25) is 0 Å². The number of rotatable bonds is 10. The van der Waals surface area contributed by atoms with Gasteiger partial charge < -0.3 is 15.2 Å². The number of nitrogens with one attached hydrogen (secondary N) is 1. The van der Waals surface area contributed by atoms with Crippen LogP contribution in [0.4, 0.5) is 18.9 Å². The number of hydrogen-bond donors (Lipinski definition) is 2. The number of aliphatic hydroxyl groups excluding tert-OH is 1. The maximum Gasteiger partial charge on any atom is 0.283 e. The van der Waals surface area contributed by atoms with Crippen LogP contribution < -0.4 is 5.32 Å². The average Bonchev–Trinajstić information content (AvgIpc) is 3.39. The van der Waals surface area contributed by atoms with Crippen molar-refractivity contribution in [3.05, 3.63) is 53.5 Å². The van der Waals surface area contributed by atoms with Gasteiger partial charge in [0.05, 0.1) is 54.6 Å². The van der Waals surface area contributed by atoms with E-state index in [0.717, 1.165) is 73.2 Å². The Hall–Kier alpha value is -2.73. The summed E-state index contributed by atoms with van der Waals surface area (Å²) in [6.07, 6.45) is 7.77. The van der Waals surface area contributed by atoms with Gasteiger partial charge in [-0.25, -0.2) is 13.5 Å². The lowest BCUT2D eigenvalue weighted by Crippen LogP contribution is -2.54. The molecule has 11 heteroatoms. The molecule has 216 valence electrons. The zero-order chi connectivity index (χ0) is 27.7. The fourth-order valence-electron chi connectivity index (χ4n) is 6.34. The van der Waals surface area contributed by atoms with E-state index in [2.05, 4.69) is 15.3 Å². The van der Waals surface area contributed by atoms with Crippen LogP contribution in [-0.2, 0) is 11.2 Å². The second-order valence-corrected chi connectivity index (χ2v) is 11.2. The minimum Gasteiger partial charge on any atom is -0.390 e. The Morgan fingerprint density at radius 1 is 1.12 bits per heavy atom. The second kappa shape index (κ2) is 11.6. The lowest BCUT2D eigenvalue weighted by Gasteiger charge is -2.40. The molecule has 1 aromatic carbocycles. The van der Waals surface area contributed by atoms with E-state index in [1.54, 1.807) is 11.1 Å². The number of halogens is 3. The molecule has 5 heterocycles. The van der Waals surface area contributed by atoms with Gasteiger partial charge in [0.25, 0.3) is 5.92 Å². The van der Waals surface area contributed by atoms with E-state index in [9.17, 15) is 18.3 Å². The van der Waals surface area contributed by atoms with Crippen molar-refractivity contribution in [1.82, 2.24) is 24.6 Å². The Kier molecular flexibility index (Phi) is 7.98. The lowest BCUT2D eigenvalue weighted by molar-refractivity contribution is -0.0788. The summed E-state index contributed by atoms with van der Waals surface area (Å²) in [5, 5.41) is 18.5. The van der Waals surface area contributed by atoms with Crippen LogP contribution in [0.3, 0.4) is 0 Å². The number of nitrogens with zero attached hydrogens (tertiary/aromatic N) is 5. The van der Waals surface area contributed by atoms with Gasteiger partial charge >= 0.3 is 0 Å². The summed E-state index contributed by atoms with van der Waals surface area (Å²) < 4.78 is 49.3. The molecule has 3 aromatic rings. The van der Waals surface area contributed by atoms with Crippen molar-refractivity contribution in [3.63, 3.8) is 0 Å². The molecule has 2 aromatic heterocycles. The maximum atomic E-state index is 14.5. The molecule has 0 radical (unpaired) electrons. The Bertz CT molecular complexity index is 1290. The van der Waals surface area contributed by atoms with Crippen molar-refractivity contribution in [2.24, 2.45) is 0 Å². The number of hydrogen-bond acceptors (Lipinski definition) is 7. The molecular weight excluding hydrogens is 521 g/mol. The first kappa shape index (κ1) is 27.4. The van der Waals surface area contributed by atoms with Crippen LogP contribution in [0, 0.1) is 0 Å². The van der Waals surface area contributed by atoms with E-state index in [4.69, 9.17) is 9.72 Å². The van der Waals surface area contributed by atoms with Crippen molar-refractivity contribution in [1.29, 1.82) is 0 Å². The Morgan fingerprint density at radius 3 is 2.73 bits per heavy atom. The van der Waals surface area contributed by atoms with Crippen molar-refractivity contribution < 1.29 is 23.0 Å². The van der Waals surface area contributed by atoms with E-state index in [1.165, 1.54) is 0 Å². The molecule has 6 rings (SSSR count). The Labute approximate surface area is 232 Å². The van der Waals surface area contributed by atoms with Gasteiger partial charge in [0.15, 0.2) is 6.23 Å². The average molecular weight is 559 g/mol. The predicted octanol–water partition coefficient (Wildman–Crippen LogP) is 4.16. The van der Waals surface area contributed by atoms with Gasteiger partial charge in [-0.1, -0.05) is 6.07 Å². The summed E-state index contributed by atoms with van der Waals surface area (Å²) >= 11 is 0. The van der Waals surface area contributed by atoms with Crippen molar-refractivity contribution in [3.8, 4) is 0 Å². The summed E-state index contributed by atoms with van der Waals surface area (Å²) in [7, 11) is 0. The van der Waals surface area contributed by atoms with Crippen LogP contribution >= 0.6 is 0 Å². The standard InChI is InChI=1S/C29H37F3N6O2/c30-10-3-11-36-16-21(17-36)35-20-5-7-25(33-14-20)28-23-6-8-26-24(15-34-38(26)27-4-1-2-13-40-27)22(23)9-12-37(28)18-29(31,32)19-39/h5-8,14-15,21,27-28,35,39H,1-4,9-13,16-19H2. The first-order chi connectivity index (χ1) is 19.5. The van der Waals surface area contributed by atoms with Crippen LogP contribution in [0.15, 0.2) is 36.7 Å². The van der Waals surface area contributed by atoms with E-state index < -0.39 is 25.1 Å². The number of aromatic nitrogens is 3. The number of likely N-dealkylation sites (tertiary alicyclic amines) is 1. The minimum absolute atomic E-state index is 0.0865. The zero-order valence-corrected chi connectivity index (χ0v) is 22.6. The topological polar surface area (TPSA) is 78.7 Å². The smallest absolute Gasteiger partial charge is 0.283 e. The molecule has 3 aliphatic heterocycles. The quantitative estimate of drug-likeness (QED) is 0.387. The summed E-state index contributed by atoms with van der Waals surface area (Å²) in [4.78, 5) is 8.66. The van der Waals surface area contributed by atoms with E-state index in [1.807, 2.05) is 35.1 Å². The minimum atomic E-state index is -3.22. The van der Waals surface area contributed by atoms with Gasteiger partial charge in [-0.2, -0.15) is 5.10 Å². The first-order valence-electron chi connectivity index (χ1n) is 14.3. The Morgan fingerprint density at radius 2 is 2.00 bits per heavy atom. The van der Waals surface area contributed by atoms with Crippen molar-refractivity contribution in [2.45, 2.75) is 56.3 Å². The first-order valence-corrected chi connectivity index (χ1v) is 14.3. The van der Waals surface area contributed by atoms with Crippen LogP contribution in [0.1, 0.15) is 54.8 Å². The number of fused-ring (bicyclic) bond motifs is 3. The SMILES string of the molecule is OCC(F)(F)CN1CCc2c(ccc3c2cnn3C2CCCCO2)C1c1ccc(NC2CN(CCCF)C2)cn1. The third-order valence-electron chi connectivity index (χ3n) is 8.33. The van der Waals surface area contributed by atoms with Gasteiger partial charge in [-0.15, -0.1) is 0 Å². The maximum absolute atomic E-state index is 14.5. The van der Waals surface area contributed by atoms with Gasteiger partial charge in [0, 0.05) is 38.2 Å². The molecule has 2 fully saturated rings. The molecule has 2 saturated heterocycles. The number of aliphatic hydroxyl groups is 1. The van der Waals surface area contributed by atoms with E-state index in [0.29, 0.717) is 25.1 Å². The second-order valence-electron chi connectivity index (χ2n) is 11.2. The predicted molar refractivity (Wildman–Crippen MR) is 146 cm³/mol. The molecule has 0 spiro atoms.